The number of carbonyl (C=O) groups excluding carboxylic acids is 1. The molecule has 0 saturated carbocycles. The highest BCUT2D eigenvalue weighted by atomic mass is 16.5. The molecule has 1 aliphatic rings. The van der Waals surface area contributed by atoms with E-state index in [0.29, 0.717) is 6.42 Å². The average molecular weight is 229 g/mol. The van der Waals surface area contributed by atoms with Gasteiger partial charge in [-0.15, -0.1) is 0 Å². The van der Waals surface area contributed by atoms with E-state index < -0.39 is 18.1 Å². The topological polar surface area (TPSA) is 75.6 Å². The number of hydrogen-bond donors (Lipinski definition) is 2. The summed E-state index contributed by atoms with van der Waals surface area (Å²) < 4.78 is 5.38. The Labute approximate surface area is 95.2 Å². The summed E-state index contributed by atoms with van der Waals surface area (Å²) in [6.45, 7) is 5.43. The molecule has 1 fully saturated rings. The zero-order valence-corrected chi connectivity index (χ0v) is 9.90. The molecular formula is C11H19NO4. The van der Waals surface area contributed by atoms with Gasteiger partial charge in [-0.25, -0.2) is 4.79 Å². The first-order chi connectivity index (χ1) is 7.41. The molecule has 0 aliphatic carbocycles. The van der Waals surface area contributed by atoms with Crippen molar-refractivity contribution in [2.75, 3.05) is 0 Å². The maximum Gasteiger partial charge on any atom is 0.326 e. The smallest absolute Gasteiger partial charge is 0.326 e. The maximum atomic E-state index is 11.7. The molecule has 0 aromatic heterocycles. The fourth-order valence-corrected chi connectivity index (χ4v) is 1.76. The van der Waals surface area contributed by atoms with Crippen molar-refractivity contribution in [2.45, 2.75) is 51.9 Å². The van der Waals surface area contributed by atoms with Crippen LogP contribution in [0.1, 0.15) is 33.6 Å². The minimum Gasteiger partial charge on any atom is -0.480 e. The molecule has 1 saturated heterocycles. The van der Waals surface area contributed by atoms with Crippen LogP contribution in [0, 0.1) is 5.92 Å². The van der Waals surface area contributed by atoms with E-state index in [1.165, 1.54) is 0 Å². The SMILES string of the molecule is CC(C)[C@@H](NC(=O)[C@@H]1CC[C@H](C)O1)C(=O)O. The van der Waals surface area contributed by atoms with E-state index in [1.54, 1.807) is 13.8 Å². The molecule has 0 radical (unpaired) electrons. The van der Waals surface area contributed by atoms with Crippen LogP contribution in [0.25, 0.3) is 0 Å². The summed E-state index contributed by atoms with van der Waals surface area (Å²) >= 11 is 0. The third-order valence-electron chi connectivity index (χ3n) is 2.75. The van der Waals surface area contributed by atoms with Gasteiger partial charge in [0.05, 0.1) is 6.10 Å². The number of rotatable bonds is 4. The predicted molar refractivity (Wildman–Crippen MR) is 58.0 cm³/mol. The zero-order valence-electron chi connectivity index (χ0n) is 9.90. The molecule has 1 rings (SSSR count). The Morgan fingerprint density at radius 2 is 2.00 bits per heavy atom. The van der Waals surface area contributed by atoms with Gasteiger partial charge in [-0.2, -0.15) is 0 Å². The number of hydrogen-bond acceptors (Lipinski definition) is 3. The van der Waals surface area contributed by atoms with Crippen molar-refractivity contribution in [3.63, 3.8) is 0 Å². The molecule has 0 aromatic carbocycles. The van der Waals surface area contributed by atoms with Crippen molar-refractivity contribution in [1.29, 1.82) is 0 Å². The fourth-order valence-electron chi connectivity index (χ4n) is 1.76. The first kappa shape index (κ1) is 13.0. The van der Waals surface area contributed by atoms with Crippen LogP contribution in [0.3, 0.4) is 0 Å². The quantitative estimate of drug-likeness (QED) is 0.747. The normalized spacial score (nSPS) is 26.8. The molecule has 1 amide bonds. The number of carboxylic acids is 1. The third kappa shape index (κ3) is 3.20. The minimum absolute atomic E-state index is 0.0816. The number of carbonyl (C=O) groups is 2. The minimum atomic E-state index is -1.01. The van der Waals surface area contributed by atoms with Gasteiger partial charge in [0.15, 0.2) is 0 Å². The van der Waals surface area contributed by atoms with Crippen molar-refractivity contribution in [3.05, 3.63) is 0 Å². The molecule has 0 bridgehead atoms. The molecule has 5 nitrogen and oxygen atoms in total. The van der Waals surface area contributed by atoms with Gasteiger partial charge in [0.2, 0.25) is 5.91 Å². The van der Waals surface area contributed by atoms with Crippen molar-refractivity contribution in [3.8, 4) is 0 Å². The van der Waals surface area contributed by atoms with Gasteiger partial charge in [-0.05, 0) is 25.7 Å². The predicted octanol–water partition coefficient (Wildman–Crippen LogP) is 0.779. The first-order valence-corrected chi connectivity index (χ1v) is 5.60. The monoisotopic (exact) mass is 229 g/mol. The van der Waals surface area contributed by atoms with Crippen molar-refractivity contribution in [1.82, 2.24) is 5.32 Å². The number of carboxylic acid groups (broad SMARTS) is 1. The molecule has 0 unspecified atom stereocenters. The molecule has 2 N–H and O–H groups in total. The van der Waals surface area contributed by atoms with Crippen molar-refractivity contribution >= 4 is 11.9 Å². The summed E-state index contributed by atoms with van der Waals surface area (Å²) in [7, 11) is 0. The van der Waals surface area contributed by atoms with Crippen molar-refractivity contribution in [2.24, 2.45) is 5.92 Å². The third-order valence-corrected chi connectivity index (χ3v) is 2.75. The van der Waals surface area contributed by atoms with E-state index in [9.17, 15) is 9.59 Å². The summed E-state index contributed by atoms with van der Waals surface area (Å²) in [5, 5.41) is 11.4. The lowest BCUT2D eigenvalue weighted by atomic mass is 10.0. The average Bonchev–Trinajstić information content (AvgIpc) is 2.59. The molecule has 0 spiro atoms. The molecule has 1 aliphatic heterocycles. The zero-order chi connectivity index (χ0) is 12.3. The highest BCUT2D eigenvalue weighted by Crippen LogP contribution is 2.19. The molecule has 3 atom stereocenters. The fraction of sp³-hybridized carbons (Fsp3) is 0.818. The Bertz CT molecular complexity index is 277. The van der Waals surface area contributed by atoms with Gasteiger partial charge in [-0.3, -0.25) is 4.79 Å². The van der Waals surface area contributed by atoms with Crippen LogP contribution in [-0.2, 0) is 14.3 Å². The van der Waals surface area contributed by atoms with Gasteiger partial charge >= 0.3 is 5.97 Å². The largest absolute Gasteiger partial charge is 0.480 e. The van der Waals surface area contributed by atoms with Crippen LogP contribution in [0.4, 0.5) is 0 Å². The Balaban J connectivity index is 2.52. The summed E-state index contributed by atoms with van der Waals surface area (Å²) in [5.41, 5.74) is 0. The van der Waals surface area contributed by atoms with E-state index in [1.807, 2.05) is 6.92 Å². The Hall–Kier alpha value is -1.10. The molecular weight excluding hydrogens is 210 g/mol. The Kier molecular flexibility index (Phi) is 4.29. The second kappa shape index (κ2) is 5.30. The van der Waals surface area contributed by atoms with E-state index in [0.717, 1.165) is 6.42 Å². The highest BCUT2D eigenvalue weighted by molar-refractivity contribution is 5.86. The molecule has 92 valence electrons. The van der Waals surface area contributed by atoms with Crippen LogP contribution < -0.4 is 5.32 Å². The molecule has 5 heteroatoms. The van der Waals surface area contributed by atoms with E-state index >= 15 is 0 Å². The maximum absolute atomic E-state index is 11.7. The van der Waals surface area contributed by atoms with Crippen LogP contribution in [0.2, 0.25) is 0 Å². The van der Waals surface area contributed by atoms with Crippen molar-refractivity contribution < 1.29 is 19.4 Å². The van der Waals surface area contributed by atoms with Gasteiger partial charge in [0.25, 0.3) is 0 Å². The number of ether oxygens (including phenoxy) is 1. The van der Waals surface area contributed by atoms with E-state index in [4.69, 9.17) is 9.84 Å². The lowest BCUT2D eigenvalue weighted by Gasteiger charge is -2.20. The Morgan fingerprint density at radius 3 is 2.38 bits per heavy atom. The first-order valence-electron chi connectivity index (χ1n) is 5.60. The second-order valence-corrected chi connectivity index (χ2v) is 4.58. The van der Waals surface area contributed by atoms with Crippen LogP contribution in [0.15, 0.2) is 0 Å². The van der Waals surface area contributed by atoms with E-state index in [2.05, 4.69) is 5.32 Å². The van der Waals surface area contributed by atoms with Crippen LogP contribution >= 0.6 is 0 Å². The molecule has 1 heterocycles. The summed E-state index contributed by atoms with van der Waals surface area (Å²) in [6.07, 6.45) is 1.10. The number of nitrogens with one attached hydrogen (secondary N) is 1. The summed E-state index contributed by atoms with van der Waals surface area (Å²) in [4.78, 5) is 22.6. The highest BCUT2D eigenvalue weighted by Gasteiger charge is 2.32. The number of amides is 1. The summed E-state index contributed by atoms with van der Waals surface area (Å²) in [6, 6.07) is -0.841. The molecule has 0 aromatic rings. The Morgan fingerprint density at radius 1 is 1.38 bits per heavy atom. The van der Waals surface area contributed by atoms with Gasteiger partial charge in [0.1, 0.15) is 12.1 Å². The number of aliphatic carboxylic acids is 1. The van der Waals surface area contributed by atoms with Gasteiger partial charge in [0, 0.05) is 0 Å². The lowest BCUT2D eigenvalue weighted by molar-refractivity contribution is -0.145. The second-order valence-electron chi connectivity index (χ2n) is 4.58. The summed E-state index contributed by atoms with van der Waals surface area (Å²) in [5.74, 6) is -1.46. The van der Waals surface area contributed by atoms with Crippen LogP contribution in [-0.4, -0.2) is 35.2 Å². The molecule has 16 heavy (non-hydrogen) atoms. The van der Waals surface area contributed by atoms with Crippen LogP contribution in [0.5, 0.6) is 0 Å². The van der Waals surface area contributed by atoms with E-state index in [-0.39, 0.29) is 17.9 Å². The van der Waals surface area contributed by atoms with Gasteiger partial charge in [-0.1, -0.05) is 13.8 Å². The lowest BCUT2D eigenvalue weighted by Crippen LogP contribution is -2.48. The van der Waals surface area contributed by atoms with Gasteiger partial charge < -0.3 is 15.2 Å². The standard InChI is InChI=1S/C11H19NO4/c1-6(2)9(11(14)15)12-10(13)8-5-4-7(3)16-8/h6-9H,4-5H2,1-3H3,(H,12,13)(H,14,15)/t7-,8-,9+/m0/s1.